The molecular formula is C26H41N7O2. The lowest BCUT2D eigenvalue weighted by Gasteiger charge is -2.32. The van der Waals surface area contributed by atoms with Crippen LogP contribution in [0.25, 0.3) is 11.3 Å². The monoisotopic (exact) mass is 483 g/mol. The van der Waals surface area contributed by atoms with Crippen LogP contribution in [0, 0.1) is 0 Å². The van der Waals surface area contributed by atoms with E-state index in [0.717, 1.165) is 88.3 Å². The van der Waals surface area contributed by atoms with E-state index in [1.165, 1.54) is 5.56 Å². The van der Waals surface area contributed by atoms with Gasteiger partial charge in [-0.15, -0.1) is 0 Å². The first-order valence-corrected chi connectivity index (χ1v) is 13.1. The summed E-state index contributed by atoms with van der Waals surface area (Å²) in [6, 6.07) is 4.65. The second-order valence-electron chi connectivity index (χ2n) is 10.1. The van der Waals surface area contributed by atoms with Gasteiger partial charge in [-0.1, -0.05) is 6.07 Å². The van der Waals surface area contributed by atoms with Crippen LogP contribution in [0.2, 0.25) is 0 Å². The lowest BCUT2D eigenvalue weighted by molar-refractivity contribution is 0.126. The number of nitrogens with zero attached hydrogens (tertiary/aromatic N) is 5. The summed E-state index contributed by atoms with van der Waals surface area (Å²) >= 11 is 0. The van der Waals surface area contributed by atoms with Crippen molar-refractivity contribution in [2.24, 2.45) is 0 Å². The molecule has 192 valence electrons. The number of hydrogen-bond acceptors (Lipinski definition) is 9. The van der Waals surface area contributed by atoms with Gasteiger partial charge in [-0.25, -0.2) is 4.98 Å². The summed E-state index contributed by atoms with van der Waals surface area (Å²) in [6.45, 7) is 7.56. The number of rotatable bonds is 10. The number of hydrogen-bond donors (Lipinski definition) is 4. The van der Waals surface area contributed by atoms with E-state index in [1.807, 2.05) is 12.4 Å². The zero-order valence-electron chi connectivity index (χ0n) is 21.2. The summed E-state index contributed by atoms with van der Waals surface area (Å²) in [6.07, 6.45) is 8.65. The van der Waals surface area contributed by atoms with Crippen molar-refractivity contribution < 1.29 is 10.2 Å². The Bertz CT molecular complexity index is 910. The minimum Gasteiger partial charge on any atom is -0.396 e. The van der Waals surface area contributed by atoms with Crippen LogP contribution in [0.4, 0.5) is 11.8 Å². The van der Waals surface area contributed by atoms with Gasteiger partial charge in [0.15, 0.2) is 0 Å². The van der Waals surface area contributed by atoms with Crippen molar-refractivity contribution in [1.29, 1.82) is 0 Å². The zero-order chi connectivity index (χ0) is 24.6. The molecule has 1 atom stereocenters. The lowest BCUT2D eigenvalue weighted by Crippen LogP contribution is -2.43. The molecule has 35 heavy (non-hydrogen) atoms. The van der Waals surface area contributed by atoms with Gasteiger partial charge in [0.25, 0.3) is 0 Å². The molecular weight excluding hydrogens is 442 g/mol. The van der Waals surface area contributed by atoms with Gasteiger partial charge in [0, 0.05) is 63.8 Å². The van der Waals surface area contributed by atoms with Gasteiger partial charge in [0.1, 0.15) is 5.82 Å². The maximum absolute atomic E-state index is 9.90. The van der Waals surface area contributed by atoms with E-state index in [1.54, 1.807) is 0 Å². The van der Waals surface area contributed by atoms with Crippen molar-refractivity contribution >= 4 is 11.8 Å². The Hall–Kier alpha value is -2.33. The van der Waals surface area contributed by atoms with Gasteiger partial charge in [0.2, 0.25) is 5.95 Å². The average molecular weight is 484 g/mol. The molecule has 3 heterocycles. The van der Waals surface area contributed by atoms with Crippen molar-refractivity contribution in [2.75, 3.05) is 50.5 Å². The van der Waals surface area contributed by atoms with Crippen molar-refractivity contribution in [2.45, 2.75) is 70.2 Å². The normalized spacial score (nSPS) is 22.6. The van der Waals surface area contributed by atoms with Gasteiger partial charge >= 0.3 is 0 Å². The quantitative estimate of drug-likeness (QED) is 0.405. The van der Waals surface area contributed by atoms with E-state index in [-0.39, 0.29) is 24.8 Å². The molecule has 2 aliphatic rings. The Labute approximate surface area is 209 Å². The summed E-state index contributed by atoms with van der Waals surface area (Å²) in [5.74, 6) is 1.35. The second kappa shape index (κ2) is 12.6. The van der Waals surface area contributed by atoms with Gasteiger partial charge in [-0.05, 0) is 64.1 Å². The molecule has 1 saturated carbocycles. The highest BCUT2D eigenvalue weighted by Crippen LogP contribution is 2.29. The molecule has 0 aromatic carbocycles. The van der Waals surface area contributed by atoms with E-state index in [0.29, 0.717) is 5.95 Å². The highest BCUT2D eigenvalue weighted by Gasteiger charge is 2.22. The molecule has 1 aliphatic heterocycles. The number of likely N-dealkylation sites (N-methyl/N-ethyl adjacent to an activating group) is 1. The van der Waals surface area contributed by atoms with Crippen LogP contribution in [0.3, 0.4) is 0 Å². The summed E-state index contributed by atoms with van der Waals surface area (Å²) < 4.78 is 0. The molecule has 1 aliphatic carbocycles. The highest BCUT2D eigenvalue weighted by molar-refractivity contribution is 5.73. The predicted molar refractivity (Wildman–Crippen MR) is 139 cm³/mol. The zero-order valence-corrected chi connectivity index (χ0v) is 21.2. The second-order valence-corrected chi connectivity index (χ2v) is 10.1. The minimum atomic E-state index is -0.197. The van der Waals surface area contributed by atoms with Crippen LogP contribution >= 0.6 is 0 Å². The predicted octanol–water partition coefficient (Wildman–Crippen LogP) is 2.57. The van der Waals surface area contributed by atoms with Crippen molar-refractivity contribution in [1.82, 2.24) is 24.8 Å². The van der Waals surface area contributed by atoms with E-state index in [9.17, 15) is 5.11 Å². The minimum absolute atomic E-state index is 0.165. The molecule has 0 bridgehead atoms. The Morgan fingerprint density at radius 2 is 1.83 bits per heavy atom. The first-order valence-electron chi connectivity index (χ1n) is 13.1. The summed E-state index contributed by atoms with van der Waals surface area (Å²) in [5, 5.41) is 26.0. The molecule has 2 aromatic heterocycles. The van der Waals surface area contributed by atoms with Crippen LogP contribution < -0.4 is 10.6 Å². The number of anilines is 2. The molecule has 4 N–H and O–H groups in total. The highest BCUT2D eigenvalue weighted by atomic mass is 16.3. The van der Waals surface area contributed by atoms with Gasteiger partial charge in [-0.2, -0.15) is 4.98 Å². The lowest BCUT2D eigenvalue weighted by atomic mass is 9.93. The van der Waals surface area contributed by atoms with Gasteiger partial charge in [0.05, 0.1) is 17.4 Å². The Morgan fingerprint density at radius 3 is 2.51 bits per heavy atom. The van der Waals surface area contributed by atoms with Gasteiger partial charge < -0.3 is 25.7 Å². The molecule has 1 unspecified atom stereocenters. The molecule has 2 fully saturated rings. The van der Waals surface area contributed by atoms with Crippen LogP contribution in [-0.4, -0.2) is 93.0 Å². The number of pyridine rings is 1. The molecule has 9 heteroatoms. The van der Waals surface area contributed by atoms with E-state index < -0.39 is 0 Å². The largest absolute Gasteiger partial charge is 0.396 e. The number of piperazine rings is 1. The Kier molecular flexibility index (Phi) is 9.25. The maximum Gasteiger partial charge on any atom is 0.224 e. The van der Waals surface area contributed by atoms with Crippen LogP contribution in [0.15, 0.2) is 24.5 Å². The third-order valence-corrected chi connectivity index (χ3v) is 7.10. The van der Waals surface area contributed by atoms with E-state index in [2.05, 4.69) is 51.5 Å². The van der Waals surface area contributed by atoms with Crippen molar-refractivity contribution in [3.8, 4) is 11.3 Å². The number of nitrogens with one attached hydrogen (secondary N) is 2. The third kappa shape index (κ3) is 7.57. The summed E-state index contributed by atoms with van der Waals surface area (Å²) in [7, 11) is 2.17. The summed E-state index contributed by atoms with van der Waals surface area (Å²) in [5.41, 5.74) is 2.95. The van der Waals surface area contributed by atoms with Gasteiger partial charge in [-0.3, -0.25) is 9.88 Å². The molecule has 2 aromatic rings. The van der Waals surface area contributed by atoms with Crippen molar-refractivity contribution in [3.05, 3.63) is 30.1 Å². The first kappa shape index (κ1) is 25.8. The number of aliphatic hydroxyl groups is 2. The topological polar surface area (TPSA) is 110 Å². The molecule has 1 saturated heterocycles. The molecule has 9 nitrogen and oxygen atoms in total. The maximum atomic E-state index is 9.90. The fourth-order valence-electron chi connectivity index (χ4n) is 4.79. The van der Waals surface area contributed by atoms with Crippen molar-refractivity contribution in [3.63, 3.8) is 0 Å². The fourth-order valence-corrected chi connectivity index (χ4v) is 4.79. The van der Waals surface area contributed by atoms with E-state index >= 15 is 0 Å². The molecule has 4 rings (SSSR count). The average Bonchev–Trinajstić information content (AvgIpc) is 2.86. The third-order valence-electron chi connectivity index (χ3n) is 7.10. The summed E-state index contributed by atoms with van der Waals surface area (Å²) in [4.78, 5) is 19.0. The van der Waals surface area contributed by atoms with Crippen LogP contribution in [-0.2, 0) is 6.54 Å². The fraction of sp³-hybridized carbons (Fsp3) is 0.654. The smallest absolute Gasteiger partial charge is 0.224 e. The van der Waals surface area contributed by atoms with Crippen LogP contribution in [0.5, 0.6) is 0 Å². The van der Waals surface area contributed by atoms with Crippen LogP contribution in [0.1, 0.15) is 51.0 Å². The first-order chi connectivity index (χ1) is 17.0. The molecule has 0 amide bonds. The standard InChI is InChI=1S/C26H41N7O2/c1-19(4-3-15-34)29-26-28-17-23(25(31-26)30-21-6-8-22(35)9-7-21)24-10-5-20(16-27-24)18-33-13-11-32(2)12-14-33/h5,10,16-17,19,21-22,34-35H,3-4,6-9,11-15,18H2,1-2H3,(H2,28,29,30,31)/t19?,21-,22-. The van der Waals surface area contributed by atoms with E-state index in [4.69, 9.17) is 15.1 Å². The number of aromatic nitrogens is 3. The SMILES string of the molecule is CC(CCCO)Nc1ncc(-c2ccc(CN3CCN(C)CC3)cn2)c(N[C@H]2CC[C@H](O)CC2)n1. The molecule has 0 spiro atoms. The Morgan fingerprint density at radius 1 is 1.06 bits per heavy atom. The molecule has 0 radical (unpaired) electrons. The Balaban J connectivity index is 1.49. The number of aliphatic hydroxyl groups excluding tert-OH is 2.